The number of fused-ring (bicyclic) bond motifs is 1. The van der Waals surface area contributed by atoms with Gasteiger partial charge in [0.05, 0.1) is 11.3 Å². The average molecular weight is 151 g/mol. The predicted octanol–water partition coefficient (Wildman–Crippen LogP) is 0.925. The fourth-order valence-electron chi connectivity index (χ4n) is 1.14. The molecule has 2 N–H and O–H groups in total. The summed E-state index contributed by atoms with van der Waals surface area (Å²) in [6.07, 6.45) is 3.32. The molecular formula is C7H6FN3. The largest absolute Gasteiger partial charge is 0.383 e. The summed E-state index contributed by atoms with van der Waals surface area (Å²) in [5.74, 6) is -0.0839. The van der Waals surface area contributed by atoms with E-state index in [0.29, 0.717) is 17.7 Å². The van der Waals surface area contributed by atoms with Gasteiger partial charge in [0.1, 0.15) is 18.0 Å². The van der Waals surface area contributed by atoms with E-state index in [1.165, 1.54) is 12.4 Å². The number of allylic oxidation sites excluding steroid dienone is 1. The first-order chi connectivity index (χ1) is 5.29. The summed E-state index contributed by atoms with van der Waals surface area (Å²) >= 11 is 0. The van der Waals surface area contributed by atoms with E-state index in [2.05, 4.69) is 9.97 Å². The number of hydrogen-bond acceptors (Lipinski definition) is 3. The fraction of sp³-hybridized carbons (Fsp3) is 0.143. The number of hydrogen-bond donors (Lipinski definition) is 1. The Kier molecular flexibility index (Phi) is 1.15. The molecule has 56 valence electrons. The van der Waals surface area contributed by atoms with Crippen LogP contribution in [0.25, 0.3) is 5.83 Å². The zero-order valence-electron chi connectivity index (χ0n) is 5.71. The van der Waals surface area contributed by atoms with Gasteiger partial charge in [-0.15, -0.1) is 0 Å². The second kappa shape index (κ2) is 2.02. The molecule has 4 heteroatoms. The van der Waals surface area contributed by atoms with Gasteiger partial charge in [-0.3, -0.25) is 0 Å². The lowest BCUT2D eigenvalue weighted by molar-refractivity contribution is 0.761. The Balaban J connectivity index is 2.67. The van der Waals surface area contributed by atoms with Crippen LogP contribution in [-0.2, 0) is 6.42 Å². The third-order valence-electron chi connectivity index (χ3n) is 1.67. The van der Waals surface area contributed by atoms with Gasteiger partial charge in [0, 0.05) is 6.42 Å². The van der Waals surface area contributed by atoms with Crippen molar-refractivity contribution in [2.45, 2.75) is 6.42 Å². The molecule has 0 fully saturated rings. The number of nitrogens with two attached hydrogens (primary N) is 1. The summed E-state index contributed by atoms with van der Waals surface area (Å²) in [6.45, 7) is 0. The Labute approximate surface area is 62.8 Å². The molecule has 0 radical (unpaired) electrons. The van der Waals surface area contributed by atoms with Crippen molar-refractivity contribution in [3.05, 3.63) is 23.7 Å². The van der Waals surface area contributed by atoms with Crippen molar-refractivity contribution in [2.75, 3.05) is 5.73 Å². The second-order valence-electron chi connectivity index (χ2n) is 2.34. The van der Waals surface area contributed by atoms with E-state index >= 15 is 0 Å². The van der Waals surface area contributed by atoms with Crippen LogP contribution in [0.4, 0.5) is 10.2 Å². The van der Waals surface area contributed by atoms with E-state index in [1.54, 1.807) is 0 Å². The lowest BCUT2D eigenvalue weighted by atomic mass is 10.2. The van der Waals surface area contributed by atoms with Gasteiger partial charge in [-0.05, 0) is 6.08 Å². The Morgan fingerprint density at radius 1 is 1.45 bits per heavy atom. The minimum absolute atomic E-state index is 0.223. The lowest BCUT2D eigenvalue weighted by Crippen LogP contribution is -1.98. The van der Waals surface area contributed by atoms with Crippen molar-refractivity contribution in [1.82, 2.24) is 9.97 Å². The number of nitrogens with zero attached hydrogens (tertiary/aromatic N) is 2. The van der Waals surface area contributed by atoms with Crippen LogP contribution in [0.2, 0.25) is 0 Å². The molecule has 0 spiro atoms. The highest BCUT2D eigenvalue weighted by atomic mass is 19.1. The van der Waals surface area contributed by atoms with Crippen LogP contribution in [0, 0.1) is 0 Å². The molecule has 0 aromatic carbocycles. The van der Waals surface area contributed by atoms with Crippen LogP contribution in [-0.4, -0.2) is 9.97 Å². The van der Waals surface area contributed by atoms with Gasteiger partial charge < -0.3 is 5.73 Å². The molecule has 0 amide bonds. The summed E-state index contributed by atoms with van der Waals surface area (Å²) in [4.78, 5) is 7.57. The molecular weight excluding hydrogens is 145 g/mol. The number of rotatable bonds is 0. The molecule has 1 aromatic heterocycles. The first kappa shape index (κ1) is 6.27. The zero-order chi connectivity index (χ0) is 7.84. The minimum Gasteiger partial charge on any atom is -0.383 e. The lowest BCUT2D eigenvalue weighted by Gasteiger charge is -1.99. The molecule has 0 saturated heterocycles. The Hall–Kier alpha value is -1.45. The molecule has 0 saturated carbocycles. The number of anilines is 1. The molecule has 0 bridgehead atoms. The molecule has 1 heterocycles. The Morgan fingerprint density at radius 3 is 3.00 bits per heavy atom. The van der Waals surface area contributed by atoms with Gasteiger partial charge in [0.25, 0.3) is 0 Å². The third kappa shape index (κ3) is 0.790. The van der Waals surface area contributed by atoms with Crippen molar-refractivity contribution in [1.29, 1.82) is 0 Å². The molecule has 0 atom stereocenters. The normalized spacial score (nSPS) is 14.5. The summed E-state index contributed by atoms with van der Waals surface area (Å²) in [6, 6.07) is 0. The van der Waals surface area contributed by atoms with E-state index in [-0.39, 0.29) is 11.6 Å². The molecule has 0 aliphatic heterocycles. The van der Waals surface area contributed by atoms with Crippen molar-refractivity contribution in [2.24, 2.45) is 0 Å². The van der Waals surface area contributed by atoms with Crippen LogP contribution in [0.5, 0.6) is 0 Å². The van der Waals surface area contributed by atoms with E-state index < -0.39 is 0 Å². The van der Waals surface area contributed by atoms with Crippen molar-refractivity contribution in [3.8, 4) is 0 Å². The third-order valence-corrected chi connectivity index (χ3v) is 1.67. The van der Waals surface area contributed by atoms with E-state index in [0.717, 1.165) is 0 Å². The van der Waals surface area contributed by atoms with E-state index in [1.807, 2.05) is 0 Å². The maximum Gasteiger partial charge on any atom is 0.137 e. The van der Waals surface area contributed by atoms with Crippen molar-refractivity contribution in [3.63, 3.8) is 0 Å². The topological polar surface area (TPSA) is 51.8 Å². The van der Waals surface area contributed by atoms with Crippen LogP contribution in [0.15, 0.2) is 12.4 Å². The minimum atomic E-state index is -0.307. The number of halogens is 1. The van der Waals surface area contributed by atoms with Crippen LogP contribution < -0.4 is 5.73 Å². The van der Waals surface area contributed by atoms with Gasteiger partial charge in [-0.2, -0.15) is 0 Å². The monoisotopic (exact) mass is 151 g/mol. The van der Waals surface area contributed by atoms with Gasteiger partial charge in [0.15, 0.2) is 0 Å². The van der Waals surface area contributed by atoms with Crippen LogP contribution >= 0.6 is 0 Å². The van der Waals surface area contributed by atoms with E-state index in [9.17, 15) is 4.39 Å². The van der Waals surface area contributed by atoms with Crippen molar-refractivity contribution < 1.29 is 4.39 Å². The summed E-state index contributed by atoms with van der Waals surface area (Å²) in [5, 5.41) is 0. The van der Waals surface area contributed by atoms with Crippen molar-refractivity contribution >= 4 is 11.6 Å². The first-order valence-corrected chi connectivity index (χ1v) is 3.24. The molecule has 3 nitrogen and oxygen atoms in total. The summed E-state index contributed by atoms with van der Waals surface area (Å²) < 4.78 is 12.9. The maximum atomic E-state index is 12.9. The molecule has 1 aromatic rings. The maximum absolute atomic E-state index is 12.9. The molecule has 2 rings (SSSR count). The summed E-state index contributed by atoms with van der Waals surface area (Å²) in [7, 11) is 0. The average Bonchev–Trinajstić information content (AvgIpc) is 2.34. The highest BCUT2D eigenvalue weighted by Gasteiger charge is 2.18. The molecule has 1 aliphatic carbocycles. The number of nitrogen functional groups attached to an aromatic ring is 1. The second-order valence-corrected chi connectivity index (χ2v) is 2.34. The van der Waals surface area contributed by atoms with Crippen LogP contribution in [0.1, 0.15) is 11.3 Å². The van der Waals surface area contributed by atoms with Gasteiger partial charge in [-0.1, -0.05) is 0 Å². The SMILES string of the molecule is Nc1ncnc2c1C(F)=CC2. The van der Waals surface area contributed by atoms with Gasteiger partial charge in [0.2, 0.25) is 0 Å². The standard InChI is InChI=1S/C7H6FN3/c8-4-1-2-5-6(4)7(9)11-3-10-5/h1,3H,2H2,(H2,9,10,11). The first-order valence-electron chi connectivity index (χ1n) is 3.24. The zero-order valence-corrected chi connectivity index (χ0v) is 5.71. The van der Waals surface area contributed by atoms with Gasteiger partial charge in [-0.25, -0.2) is 14.4 Å². The molecule has 1 aliphatic rings. The summed E-state index contributed by atoms with van der Waals surface area (Å²) in [5.41, 5.74) is 6.47. The highest BCUT2D eigenvalue weighted by Crippen LogP contribution is 2.29. The molecule has 0 unspecified atom stereocenters. The van der Waals surface area contributed by atoms with E-state index in [4.69, 9.17) is 5.73 Å². The smallest absolute Gasteiger partial charge is 0.137 e. The Bertz CT molecular complexity index is 332. The van der Waals surface area contributed by atoms with Crippen LogP contribution in [0.3, 0.4) is 0 Å². The fourth-order valence-corrected chi connectivity index (χ4v) is 1.14. The van der Waals surface area contributed by atoms with Gasteiger partial charge >= 0.3 is 0 Å². The Morgan fingerprint density at radius 2 is 2.27 bits per heavy atom. The predicted molar refractivity (Wildman–Crippen MR) is 39.2 cm³/mol. The number of aromatic nitrogens is 2. The quantitative estimate of drug-likeness (QED) is 0.600. The highest BCUT2D eigenvalue weighted by molar-refractivity contribution is 5.73. The molecule has 11 heavy (non-hydrogen) atoms.